The van der Waals surface area contributed by atoms with Gasteiger partial charge in [0.2, 0.25) is 0 Å². The number of hydrogen-bond acceptors (Lipinski definition) is 5. The van der Waals surface area contributed by atoms with Gasteiger partial charge in [-0.1, -0.05) is 6.92 Å². The van der Waals surface area contributed by atoms with Gasteiger partial charge in [0.15, 0.2) is 0 Å². The minimum absolute atomic E-state index is 0.396. The topological polar surface area (TPSA) is 96.3 Å². The molecule has 0 heterocycles. The van der Waals surface area contributed by atoms with Crippen molar-refractivity contribution in [2.45, 2.75) is 38.4 Å². The second-order valence-electron chi connectivity index (χ2n) is 4.73. The van der Waals surface area contributed by atoms with Crippen molar-refractivity contribution in [3.8, 4) is 0 Å². The molecule has 0 aromatic rings. The molecule has 0 amide bonds. The molecule has 0 radical (unpaired) electrons. The number of aliphatic carboxylic acids is 2. The molecule has 0 unspecified atom stereocenters. The molecule has 118 valence electrons. The summed E-state index contributed by atoms with van der Waals surface area (Å²) < 4.78 is 10.7. The highest BCUT2D eigenvalue weighted by atomic mass is 28.4. The zero-order valence-electron chi connectivity index (χ0n) is 12.6. The van der Waals surface area contributed by atoms with Crippen LogP contribution < -0.4 is 0 Å². The van der Waals surface area contributed by atoms with Crippen molar-refractivity contribution in [1.29, 1.82) is 0 Å². The number of nitrogens with zero attached hydrogens (tertiary/aromatic N) is 1. The summed E-state index contributed by atoms with van der Waals surface area (Å²) in [4.78, 5) is 23.6. The molecule has 0 aliphatic heterocycles. The Morgan fingerprint density at radius 1 is 1.25 bits per heavy atom. The summed E-state index contributed by atoms with van der Waals surface area (Å²) in [6, 6.07) is -0.258. The van der Waals surface area contributed by atoms with Crippen molar-refractivity contribution >= 4 is 20.5 Å². The minimum atomic E-state index is -2.16. The molecule has 0 fully saturated rings. The van der Waals surface area contributed by atoms with Crippen LogP contribution in [-0.4, -0.2) is 69.0 Å². The number of hydrogen-bond donors (Lipinski definition) is 2. The largest absolute Gasteiger partial charge is 0.481 e. The first kappa shape index (κ1) is 19.0. The van der Waals surface area contributed by atoms with Gasteiger partial charge in [0.05, 0.1) is 6.42 Å². The molecule has 0 saturated carbocycles. The van der Waals surface area contributed by atoms with E-state index in [2.05, 4.69) is 0 Å². The SMILES string of the molecule is CCN(CCC[Si](C)(OC)OC)[C@@H](CC(=O)O)C(=O)O. The number of carbonyl (C=O) groups is 2. The predicted molar refractivity (Wildman–Crippen MR) is 76.0 cm³/mol. The van der Waals surface area contributed by atoms with Gasteiger partial charge in [0.25, 0.3) is 0 Å². The zero-order chi connectivity index (χ0) is 15.8. The second-order valence-corrected chi connectivity index (χ2v) is 8.31. The molecule has 0 aromatic heterocycles. The summed E-state index contributed by atoms with van der Waals surface area (Å²) in [7, 11) is 1.06. The highest BCUT2D eigenvalue weighted by Gasteiger charge is 2.30. The van der Waals surface area contributed by atoms with Crippen molar-refractivity contribution in [3.05, 3.63) is 0 Å². The molecule has 0 aliphatic carbocycles. The van der Waals surface area contributed by atoms with E-state index >= 15 is 0 Å². The normalized spacial score (nSPS) is 13.4. The van der Waals surface area contributed by atoms with Crippen molar-refractivity contribution in [1.82, 2.24) is 4.90 Å². The van der Waals surface area contributed by atoms with Gasteiger partial charge in [-0.3, -0.25) is 14.5 Å². The third kappa shape index (κ3) is 6.46. The standard InChI is InChI=1S/C12H25NO6Si/c1-5-13(10(12(16)17)9-11(14)15)7-6-8-20(4,18-2)19-3/h10H,5-9H2,1-4H3,(H,14,15)(H,16,17)/t10-/m0/s1. The quantitative estimate of drug-likeness (QED) is 0.549. The first-order valence-corrected chi connectivity index (χ1v) is 9.11. The Labute approximate surface area is 120 Å². The molecule has 20 heavy (non-hydrogen) atoms. The van der Waals surface area contributed by atoms with E-state index in [4.69, 9.17) is 19.1 Å². The average molecular weight is 307 g/mol. The first-order valence-electron chi connectivity index (χ1n) is 6.58. The van der Waals surface area contributed by atoms with E-state index < -0.39 is 33.0 Å². The van der Waals surface area contributed by atoms with Crippen molar-refractivity contribution in [2.24, 2.45) is 0 Å². The Balaban J connectivity index is 4.52. The molecular weight excluding hydrogens is 282 g/mol. The van der Waals surface area contributed by atoms with Crippen LogP contribution in [0, 0.1) is 0 Å². The summed E-state index contributed by atoms with van der Waals surface area (Å²) in [5, 5.41) is 17.9. The monoisotopic (exact) mass is 307 g/mol. The molecular formula is C12H25NO6Si. The Bertz CT molecular complexity index is 321. The summed E-state index contributed by atoms with van der Waals surface area (Å²) in [6.45, 7) is 4.76. The highest BCUT2D eigenvalue weighted by Crippen LogP contribution is 2.15. The van der Waals surface area contributed by atoms with Crippen molar-refractivity contribution in [3.63, 3.8) is 0 Å². The van der Waals surface area contributed by atoms with Crippen LogP contribution in [0.1, 0.15) is 19.8 Å². The van der Waals surface area contributed by atoms with E-state index in [1.165, 1.54) is 0 Å². The second kappa shape index (κ2) is 9.06. The van der Waals surface area contributed by atoms with E-state index in [0.29, 0.717) is 19.5 Å². The van der Waals surface area contributed by atoms with Crippen molar-refractivity contribution < 1.29 is 28.7 Å². The maximum atomic E-state index is 11.2. The van der Waals surface area contributed by atoms with Gasteiger partial charge in [-0.25, -0.2) is 0 Å². The van der Waals surface area contributed by atoms with Crippen LogP contribution in [0.3, 0.4) is 0 Å². The highest BCUT2D eigenvalue weighted by molar-refractivity contribution is 6.65. The first-order chi connectivity index (χ1) is 9.29. The molecule has 0 saturated heterocycles. The number of carboxylic acids is 2. The van der Waals surface area contributed by atoms with Crippen LogP contribution in [0.25, 0.3) is 0 Å². The lowest BCUT2D eigenvalue weighted by Crippen LogP contribution is -2.44. The smallest absolute Gasteiger partial charge is 0.334 e. The van der Waals surface area contributed by atoms with Crippen LogP contribution in [0.2, 0.25) is 12.6 Å². The Morgan fingerprint density at radius 2 is 1.80 bits per heavy atom. The number of rotatable bonds is 11. The third-order valence-electron chi connectivity index (χ3n) is 3.44. The lowest BCUT2D eigenvalue weighted by Gasteiger charge is -2.28. The molecule has 0 aromatic carbocycles. The van der Waals surface area contributed by atoms with Crippen LogP contribution in [0.5, 0.6) is 0 Å². The molecule has 8 heteroatoms. The Kier molecular flexibility index (Phi) is 8.62. The van der Waals surface area contributed by atoms with Crippen LogP contribution >= 0.6 is 0 Å². The lowest BCUT2D eigenvalue weighted by atomic mass is 10.1. The minimum Gasteiger partial charge on any atom is -0.481 e. The maximum Gasteiger partial charge on any atom is 0.334 e. The number of likely N-dealkylation sites (N-methyl/N-ethyl adjacent to an activating group) is 1. The summed E-state index contributed by atoms with van der Waals surface area (Å²) in [6.07, 6.45) is 0.314. The Morgan fingerprint density at radius 3 is 2.15 bits per heavy atom. The average Bonchev–Trinajstić information content (AvgIpc) is 2.40. The summed E-state index contributed by atoms with van der Waals surface area (Å²) >= 11 is 0. The zero-order valence-corrected chi connectivity index (χ0v) is 13.6. The van der Waals surface area contributed by atoms with Gasteiger partial charge >= 0.3 is 20.5 Å². The van der Waals surface area contributed by atoms with E-state index in [-0.39, 0.29) is 0 Å². The fourth-order valence-corrected chi connectivity index (χ4v) is 3.34. The van der Waals surface area contributed by atoms with Gasteiger partial charge in [-0.15, -0.1) is 0 Å². The molecule has 7 nitrogen and oxygen atoms in total. The van der Waals surface area contributed by atoms with E-state index in [1.807, 2.05) is 13.5 Å². The summed E-state index contributed by atoms with van der Waals surface area (Å²) in [5.74, 6) is -2.21. The predicted octanol–water partition coefficient (Wildman–Crippen LogP) is 0.991. The van der Waals surface area contributed by atoms with E-state index in [0.717, 1.165) is 6.04 Å². The van der Waals surface area contributed by atoms with Gasteiger partial charge in [-0.2, -0.15) is 0 Å². The molecule has 0 aliphatic rings. The fraction of sp³-hybridized carbons (Fsp3) is 0.833. The molecule has 0 rings (SSSR count). The van der Waals surface area contributed by atoms with Crippen LogP contribution in [0.4, 0.5) is 0 Å². The lowest BCUT2D eigenvalue weighted by molar-refractivity contribution is -0.149. The Hall–Kier alpha value is -0.963. The third-order valence-corrected chi connectivity index (χ3v) is 6.43. The van der Waals surface area contributed by atoms with Gasteiger partial charge in [-0.05, 0) is 32.1 Å². The van der Waals surface area contributed by atoms with Gasteiger partial charge in [0, 0.05) is 14.2 Å². The molecule has 0 bridgehead atoms. The van der Waals surface area contributed by atoms with E-state index in [9.17, 15) is 9.59 Å². The summed E-state index contributed by atoms with van der Waals surface area (Å²) in [5.41, 5.74) is 0. The van der Waals surface area contributed by atoms with Crippen LogP contribution in [-0.2, 0) is 18.4 Å². The molecule has 0 spiro atoms. The molecule has 1 atom stereocenters. The van der Waals surface area contributed by atoms with Gasteiger partial charge < -0.3 is 19.1 Å². The maximum absolute atomic E-state index is 11.2. The van der Waals surface area contributed by atoms with Crippen LogP contribution in [0.15, 0.2) is 0 Å². The fourth-order valence-electron chi connectivity index (χ4n) is 1.96. The number of carboxylic acid groups (broad SMARTS) is 2. The van der Waals surface area contributed by atoms with Crippen molar-refractivity contribution in [2.75, 3.05) is 27.3 Å². The van der Waals surface area contributed by atoms with Gasteiger partial charge in [0.1, 0.15) is 6.04 Å². The molecule has 2 N–H and O–H groups in total. The van der Waals surface area contributed by atoms with E-state index in [1.54, 1.807) is 19.1 Å².